The van der Waals surface area contributed by atoms with Gasteiger partial charge in [0.05, 0.1) is 6.54 Å². The summed E-state index contributed by atoms with van der Waals surface area (Å²) in [4.78, 5) is 13.8. The molecule has 0 unspecified atom stereocenters. The molecule has 70 valence electrons. The van der Waals surface area contributed by atoms with Crippen LogP contribution in [-0.2, 0) is 4.79 Å². The van der Waals surface area contributed by atoms with E-state index in [0.717, 1.165) is 13.0 Å². The van der Waals surface area contributed by atoms with Gasteiger partial charge in [-0.15, -0.1) is 0 Å². The normalized spacial score (nSPS) is 24.9. The highest BCUT2D eigenvalue weighted by atomic mass is 16.1. The molecule has 2 heteroatoms. The van der Waals surface area contributed by atoms with E-state index in [1.165, 1.54) is 0 Å². The molecule has 0 aromatic heterocycles. The second kappa shape index (κ2) is 3.17. The largest absolute Gasteiger partial charge is 0.298 e. The zero-order chi connectivity index (χ0) is 9.35. The molecular formula is C10H19NO. The first-order chi connectivity index (χ1) is 5.43. The van der Waals surface area contributed by atoms with Gasteiger partial charge in [-0.2, -0.15) is 0 Å². The summed E-state index contributed by atoms with van der Waals surface area (Å²) in [6.45, 7) is 10.1. The van der Waals surface area contributed by atoms with E-state index in [-0.39, 0.29) is 5.41 Å². The first-order valence-electron chi connectivity index (χ1n) is 4.71. The van der Waals surface area contributed by atoms with Gasteiger partial charge in [0.25, 0.3) is 0 Å². The van der Waals surface area contributed by atoms with Gasteiger partial charge in [0.1, 0.15) is 0 Å². The molecule has 0 atom stereocenters. The van der Waals surface area contributed by atoms with Crippen molar-refractivity contribution in [1.82, 2.24) is 4.90 Å². The number of nitrogens with zero attached hydrogens (tertiary/aromatic N) is 1. The fourth-order valence-corrected chi connectivity index (χ4v) is 1.48. The molecule has 1 aliphatic heterocycles. The molecule has 1 rings (SSSR count). The standard InChI is InChI=1S/C10H19NO/c1-8(2)11-6-5-10(3,4)9(12)7-11/h8H,5-7H2,1-4H3. The Hall–Kier alpha value is -0.370. The van der Waals surface area contributed by atoms with E-state index >= 15 is 0 Å². The lowest BCUT2D eigenvalue weighted by atomic mass is 9.81. The summed E-state index contributed by atoms with van der Waals surface area (Å²) in [7, 11) is 0. The lowest BCUT2D eigenvalue weighted by molar-refractivity contribution is -0.132. The van der Waals surface area contributed by atoms with E-state index in [4.69, 9.17) is 0 Å². The summed E-state index contributed by atoms with van der Waals surface area (Å²) in [5, 5.41) is 0. The lowest BCUT2D eigenvalue weighted by Crippen LogP contribution is -2.47. The molecule has 0 aliphatic carbocycles. The van der Waals surface area contributed by atoms with Gasteiger partial charge in [0, 0.05) is 11.5 Å². The van der Waals surface area contributed by atoms with Crippen LogP contribution in [0.15, 0.2) is 0 Å². The number of hydrogen-bond acceptors (Lipinski definition) is 2. The van der Waals surface area contributed by atoms with Crippen molar-refractivity contribution in [3.63, 3.8) is 0 Å². The molecular weight excluding hydrogens is 150 g/mol. The molecule has 1 aliphatic rings. The summed E-state index contributed by atoms with van der Waals surface area (Å²) in [6.07, 6.45) is 1.00. The van der Waals surface area contributed by atoms with Crippen molar-refractivity contribution < 1.29 is 4.79 Å². The smallest absolute Gasteiger partial charge is 0.152 e. The molecule has 1 saturated heterocycles. The summed E-state index contributed by atoms with van der Waals surface area (Å²) in [5.41, 5.74) is -0.0780. The van der Waals surface area contributed by atoms with Crippen LogP contribution >= 0.6 is 0 Å². The van der Waals surface area contributed by atoms with Crippen LogP contribution in [0.2, 0.25) is 0 Å². The fourth-order valence-electron chi connectivity index (χ4n) is 1.48. The highest BCUT2D eigenvalue weighted by Gasteiger charge is 2.34. The third-order valence-electron chi connectivity index (χ3n) is 2.86. The van der Waals surface area contributed by atoms with Gasteiger partial charge in [0.2, 0.25) is 0 Å². The molecule has 0 N–H and O–H groups in total. The number of carbonyl (C=O) groups is 1. The Morgan fingerprint density at radius 2 is 2.00 bits per heavy atom. The van der Waals surface area contributed by atoms with Crippen LogP contribution in [0.4, 0.5) is 0 Å². The van der Waals surface area contributed by atoms with Gasteiger partial charge in [-0.25, -0.2) is 0 Å². The van der Waals surface area contributed by atoms with E-state index < -0.39 is 0 Å². The van der Waals surface area contributed by atoms with Crippen LogP contribution in [0.25, 0.3) is 0 Å². The highest BCUT2D eigenvalue weighted by molar-refractivity contribution is 5.86. The Morgan fingerprint density at radius 1 is 1.42 bits per heavy atom. The maximum absolute atomic E-state index is 11.6. The fraction of sp³-hybridized carbons (Fsp3) is 0.900. The number of hydrogen-bond donors (Lipinski definition) is 0. The third-order valence-corrected chi connectivity index (χ3v) is 2.86. The maximum Gasteiger partial charge on any atom is 0.152 e. The van der Waals surface area contributed by atoms with Crippen LogP contribution in [-0.4, -0.2) is 29.8 Å². The second-order valence-corrected chi connectivity index (χ2v) is 4.62. The minimum absolute atomic E-state index is 0.0780. The number of likely N-dealkylation sites (tertiary alicyclic amines) is 1. The van der Waals surface area contributed by atoms with Crippen LogP contribution in [0.1, 0.15) is 34.1 Å². The van der Waals surface area contributed by atoms with Crippen molar-refractivity contribution in [3.05, 3.63) is 0 Å². The van der Waals surface area contributed by atoms with Gasteiger partial charge in [-0.3, -0.25) is 9.69 Å². The molecule has 1 fully saturated rings. The van der Waals surface area contributed by atoms with Crippen molar-refractivity contribution >= 4 is 5.78 Å². The van der Waals surface area contributed by atoms with Gasteiger partial charge >= 0.3 is 0 Å². The van der Waals surface area contributed by atoms with Gasteiger partial charge < -0.3 is 0 Å². The van der Waals surface area contributed by atoms with Gasteiger partial charge in [0.15, 0.2) is 5.78 Å². The van der Waals surface area contributed by atoms with Crippen LogP contribution in [0.5, 0.6) is 0 Å². The highest BCUT2D eigenvalue weighted by Crippen LogP contribution is 2.27. The predicted molar refractivity (Wildman–Crippen MR) is 50.1 cm³/mol. The predicted octanol–water partition coefficient (Wildman–Crippen LogP) is 1.70. The summed E-state index contributed by atoms with van der Waals surface area (Å²) in [6, 6.07) is 0.505. The van der Waals surface area contributed by atoms with E-state index in [1.54, 1.807) is 0 Å². The quantitative estimate of drug-likeness (QED) is 0.595. The third kappa shape index (κ3) is 1.86. The maximum atomic E-state index is 11.6. The van der Waals surface area contributed by atoms with Crippen LogP contribution < -0.4 is 0 Å². The van der Waals surface area contributed by atoms with E-state index in [0.29, 0.717) is 18.4 Å². The van der Waals surface area contributed by atoms with Crippen molar-refractivity contribution in [1.29, 1.82) is 0 Å². The Labute approximate surface area is 74.9 Å². The molecule has 0 saturated carbocycles. The minimum Gasteiger partial charge on any atom is -0.298 e. The molecule has 0 bridgehead atoms. The monoisotopic (exact) mass is 169 g/mol. The Kier molecular flexibility index (Phi) is 2.57. The Bertz CT molecular complexity index is 184. The van der Waals surface area contributed by atoms with Crippen LogP contribution in [0, 0.1) is 5.41 Å². The number of rotatable bonds is 1. The topological polar surface area (TPSA) is 20.3 Å². The molecule has 12 heavy (non-hydrogen) atoms. The minimum atomic E-state index is -0.0780. The molecule has 0 aromatic carbocycles. The number of Topliss-reactive ketones (excluding diaryl/α,β-unsaturated/α-hetero) is 1. The SMILES string of the molecule is CC(C)N1CCC(C)(C)C(=O)C1. The van der Waals surface area contributed by atoms with Gasteiger partial charge in [-0.1, -0.05) is 13.8 Å². The number of ketones is 1. The molecule has 0 radical (unpaired) electrons. The summed E-state index contributed by atoms with van der Waals surface area (Å²) in [5.74, 6) is 0.391. The van der Waals surface area contributed by atoms with Crippen LogP contribution in [0.3, 0.4) is 0 Å². The first-order valence-corrected chi connectivity index (χ1v) is 4.71. The zero-order valence-electron chi connectivity index (χ0n) is 8.55. The molecule has 0 spiro atoms. The van der Waals surface area contributed by atoms with Crippen molar-refractivity contribution in [2.75, 3.05) is 13.1 Å². The molecule has 0 aromatic rings. The second-order valence-electron chi connectivity index (χ2n) is 4.62. The lowest BCUT2D eigenvalue weighted by Gasteiger charge is -2.37. The van der Waals surface area contributed by atoms with Gasteiger partial charge in [-0.05, 0) is 26.8 Å². The average molecular weight is 169 g/mol. The Balaban J connectivity index is 2.58. The van der Waals surface area contributed by atoms with E-state index in [9.17, 15) is 4.79 Å². The molecule has 0 amide bonds. The van der Waals surface area contributed by atoms with E-state index in [2.05, 4.69) is 18.7 Å². The Morgan fingerprint density at radius 3 is 2.42 bits per heavy atom. The first kappa shape index (κ1) is 9.72. The van der Waals surface area contributed by atoms with Crippen molar-refractivity contribution in [2.45, 2.75) is 40.2 Å². The number of carbonyl (C=O) groups excluding carboxylic acids is 1. The number of piperidine rings is 1. The molecule has 2 nitrogen and oxygen atoms in total. The summed E-state index contributed by atoms with van der Waals surface area (Å²) >= 11 is 0. The van der Waals surface area contributed by atoms with Crippen molar-refractivity contribution in [2.24, 2.45) is 5.41 Å². The van der Waals surface area contributed by atoms with Crippen molar-refractivity contribution in [3.8, 4) is 0 Å². The zero-order valence-corrected chi connectivity index (χ0v) is 8.55. The van der Waals surface area contributed by atoms with E-state index in [1.807, 2.05) is 13.8 Å². The average Bonchev–Trinajstić information content (AvgIpc) is 1.94. The summed E-state index contributed by atoms with van der Waals surface area (Å²) < 4.78 is 0. The molecule has 1 heterocycles.